The Morgan fingerprint density at radius 2 is 1.31 bits per heavy atom. The van der Waals surface area contributed by atoms with E-state index in [1.165, 1.54) is 13.0 Å². The molecule has 1 N–H and O–H groups in total. The fourth-order valence-electron chi connectivity index (χ4n) is 2.37. The molecule has 1 unspecified atom stereocenters. The molecule has 0 aromatic heterocycles. The lowest BCUT2D eigenvalue weighted by Crippen LogP contribution is -2.27. The topological polar surface area (TPSA) is 83.8 Å². The summed E-state index contributed by atoms with van der Waals surface area (Å²) in [6.07, 6.45) is -4.80. The molecule has 0 saturated carbocycles. The van der Waals surface area contributed by atoms with E-state index in [1.54, 1.807) is 0 Å². The van der Waals surface area contributed by atoms with Crippen molar-refractivity contribution in [1.29, 1.82) is 0 Å². The van der Waals surface area contributed by atoms with Crippen LogP contribution in [0.3, 0.4) is 0 Å². The molecule has 0 aliphatic carbocycles. The van der Waals surface area contributed by atoms with Gasteiger partial charge in [0, 0.05) is 32.2 Å². The summed E-state index contributed by atoms with van der Waals surface area (Å²) in [5.74, 6) is -6.41. The van der Waals surface area contributed by atoms with Gasteiger partial charge in [-0.25, -0.2) is 8.78 Å². The third-order valence-corrected chi connectivity index (χ3v) is 3.75. The number of allylic oxidation sites excluding steroid dienone is 1. The molecule has 0 heterocycles. The highest BCUT2D eigenvalue weighted by molar-refractivity contribution is 6.42. The van der Waals surface area contributed by atoms with Gasteiger partial charge >= 0.3 is 6.18 Å². The number of carbonyl (C=O) groups excluding carboxylic acids is 3. The van der Waals surface area contributed by atoms with Gasteiger partial charge in [0.1, 0.15) is 12.5 Å². The molecule has 1 aromatic rings. The minimum absolute atomic E-state index is 0.134. The Morgan fingerprint density at radius 3 is 1.58 bits per heavy atom. The monoisotopic (exact) mass is 527 g/mol. The van der Waals surface area contributed by atoms with Crippen molar-refractivity contribution in [3.8, 4) is 0 Å². The zero-order valence-electron chi connectivity index (χ0n) is 23.2. The SMILES string of the molecule is C=C(N=C(C)C(C(=O)C(C)=O)c1ccc(C(C)(F)F)cc1C)C(F)(F)F.C=O.CC.CC.CC.CO. The Kier molecular flexibility index (Phi) is 27.3. The van der Waals surface area contributed by atoms with Gasteiger partial charge in [-0.15, -0.1) is 0 Å². The molecule has 0 spiro atoms. The van der Waals surface area contributed by atoms with Crippen LogP contribution in [0.5, 0.6) is 0 Å². The molecule has 10 heteroatoms. The minimum Gasteiger partial charge on any atom is -0.400 e. The number of Topliss-reactive ketones (excluding diaryl/α,β-unsaturated/α-hetero) is 2. The van der Waals surface area contributed by atoms with Gasteiger partial charge in [0.15, 0.2) is 5.78 Å². The minimum atomic E-state index is -4.80. The molecule has 0 aliphatic heterocycles. The molecule has 0 amide bonds. The number of hydrogen-bond acceptors (Lipinski definition) is 5. The van der Waals surface area contributed by atoms with Crippen LogP contribution in [0.1, 0.15) is 84.9 Å². The van der Waals surface area contributed by atoms with Crippen molar-refractivity contribution in [2.24, 2.45) is 4.99 Å². The van der Waals surface area contributed by atoms with Crippen LogP contribution < -0.4 is 0 Å². The lowest BCUT2D eigenvalue weighted by atomic mass is 9.85. The molecule has 1 aromatic carbocycles. The zero-order chi connectivity index (χ0) is 30.4. The van der Waals surface area contributed by atoms with Crippen molar-refractivity contribution in [3.05, 3.63) is 47.2 Å². The molecule has 0 aliphatic rings. The van der Waals surface area contributed by atoms with Gasteiger partial charge in [-0.3, -0.25) is 14.6 Å². The number of carbonyl (C=O) groups is 3. The van der Waals surface area contributed by atoms with Gasteiger partial charge in [0.2, 0.25) is 5.78 Å². The van der Waals surface area contributed by atoms with Crippen LogP contribution in [0, 0.1) is 6.92 Å². The molecular weight excluding hydrogens is 485 g/mol. The predicted molar refractivity (Wildman–Crippen MR) is 137 cm³/mol. The summed E-state index contributed by atoms with van der Waals surface area (Å²) in [4.78, 5) is 35.1. The van der Waals surface area contributed by atoms with Crippen LogP contribution in [0.25, 0.3) is 0 Å². The van der Waals surface area contributed by atoms with Crippen LogP contribution in [-0.2, 0) is 20.3 Å². The molecule has 1 atom stereocenters. The van der Waals surface area contributed by atoms with E-state index in [4.69, 9.17) is 9.90 Å². The maximum atomic E-state index is 13.4. The Hall–Kier alpha value is -2.75. The molecule has 0 radical (unpaired) electrons. The normalized spacial score (nSPS) is 11.0. The van der Waals surface area contributed by atoms with Crippen LogP contribution >= 0.6 is 0 Å². The number of hydrogen-bond donors (Lipinski definition) is 1. The summed E-state index contributed by atoms with van der Waals surface area (Å²) < 4.78 is 64.8. The summed E-state index contributed by atoms with van der Waals surface area (Å²) in [7, 11) is 1.00. The summed E-state index contributed by atoms with van der Waals surface area (Å²) in [5, 5.41) is 7.00. The number of ketones is 2. The highest BCUT2D eigenvalue weighted by Crippen LogP contribution is 2.32. The van der Waals surface area contributed by atoms with Gasteiger partial charge in [-0.1, -0.05) is 60.3 Å². The standard InChI is InChI=1S/C18H18F5NO2.3C2H6.CH4O.CH2O/c1-9-8-13(17(5,19)20)6-7-14(9)15(16(26)11(3)25)10(2)24-12(4)18(21,22)23;5*1-2/h6-8,15H,4H2,1-3,5H3;3*1-2H3;2H,1H3;1H2. The molecule has 0 saturated heterocycles. The first-order valence-electron chi connectivity index (χ1n) is 11.2. The third kappa shape index (κ3) is 16.0. The van der Waals surface area contributed by atoms with Crippen LogP contribution in [0.4, 0.5) is 22.0 Å². The summed E-state index contributed by atoms with van der Waals surface area (Å²) in [6, 6.07) is 3.39. The lowest BCUT2D eigenvalue weighted by molar-refractivity contribution is -0.135. The fourth-order valence-corrected chi connectivity index (χ4v) is 2.37. The van der Waals surface area contributed by atoms with Gasteiger partial charge < -0.3 is 9.90 Å². The largest absolute Gasteiger partial charge is 0.432 e. The lowest BCUT2D eigenvalue weighted by Gasteiger charge is -2.20. The number of aliphatic imine (C=N–C) groups is 1. The van der Waals surface area contributed by atoms with Gasteiger partial charge in [-0.05, 0) is 31.0 Å². The van der Waals surface area contributed by atoms with E-state index >= 15 is 0 Å². The first kappa shape index (κ1) is 43.3. The first-order chi connectivity index (χ1) is 16.7. The van der Waals surface area contributed by atoms with Gasteiger partial charge in [0.25, 0.3) is 5.92 Å². The Balaban J connectivity index is -0.000000284. The molecule has 210 valence electrons. The first-order valence-corrected chi connectivity index (χ1v) is 11.2. The zero-order valence-corrected chi connectivity index (χ0v) is 23.2. The number of aryl methyl sites for hydroxylation is 1. The number of halogens is 5. The van der Waals surface area contributed by atoms with Crippen molar-refractivity contribution in [2.45, 2.75) is 87.3 Å². The van der Waals surface area contributed by atoms with Crippen molar-refractivity contribution in [1.82, 2.24) is 0 Å². The van der Waals surface area contributed by atoms with Crippen molar-refractivity contribution < 1.29 is 41.4 Å². The van der Waals surface area contributed by atoms with E-state index in [2.05, 4.69) is 11.6 Å². The maximum absolute atomic E-state index is 13.4. The Bertz CT molecular complexity index is 799. The van der Waals surface area contributed by atoms with Crippen LogP contribution in [0.15, 0.2) is 35.5 Å². The molecular formula is C26H42F5NO4. The van der Waals surface area contributed by atoms with E-state index in [0.29, 0.717) is 6.92 Å². The number of benzene rings is 1. The maximum Gasteiger partial charge on any atom is 0.432 e. The quantitative estimate of drug-likeness (QED) is 0.238. The van der Waals surface area contributed by atoms with Gasteiger partial charge in [-0.2, -0.15) is 13.2 Å². The Labute approximate surface area is 212 Å². The van der Waals surface area contributed by atoms with E-state index in [0.717, 1.165) is 33.1 Å². The fraction of sp³-hybridized carbons (Fsp3) is 0.538. The summed E-state index contributed by atoms with van der Waals surface area (Å²) >= 11 is 0. The summed E-state index contributed by atoms with van der Waals surface area (Å²) in [6.45, 7) is 21.1. The second kappa shape index (κ2) is 22.7. The number of alkyl halides is 5. The molecule has 36 heavy (non-hydrogen) atoms. The molecule has 5 nitrogen and oxygen atoms in total. The van der Waals surface area contributed by atoms with E-state index in [-0.39, 0.29) is 22.4 Å². The second-order valence-corrected chi connectivity index (χ2v) is 6.01. The number of rotatable bonds is 6. The van der Waals surface area contributed by atoms with Gasteiger partial charge in [0.05, 0.1) is 5.92 Å². The third-order valence-electron chi connectivity index (χ3n) is 3.75. The predicted octanol–water partition coefficient (Wildman–Crippen LogP) is 7.39. The van der Waals surface area contributed by atoms with Crippen molar-refractivity contribution >= 4 is 24.1 Å². The van der Waals surface area contributed by atoms with Crippen molar-refractivity contribution in [3.63, 3.8) is 0 Å². The second-order valence-electron chi connectivity index (χ2n) is 6.01. The molecule has 0 bridgehead atoms. The molecule has 1 rings (SSSR count). The highest BCUT2D eigenvalue weighted by atomic mass is 19.4. The van der Waals surface area contributed by atoms with E-state index in [1.807, 2.05) is 48.3 Å². The number of nitrogens with zero attached hydrogens (tertiary/aromatic N) is 1. The van der Waals surface area contributed by atoms with Crippen molar-refractivity contribution in [2.75, 3.05) is 7.11 Å². The smallest absolute Gasteiger partial charge is 0.400 e. The summed E-state index contributed by atoms with van der Waals surface area (Å²) in [5.41, 5.74) is -1.68. The number of aliphatic hydroxyl groups is 1. The van der Waals surface area contributed by atoms with Crippen LogP contribution in [-0.4, -0.2) is 42.5 Å². The average molecular weight is 528 g/mol. The average Bonchev–Trinajstić information content (AvgIpc) is 2.85. The van der Waals surface area contributed by atoms with E-state index < -0.39 is 35.3 Å². The Morgan fingerprint density at radius 1 is 0.917 bits per heavy atom. The highest BCUT2D eigenvalue weighted by Gasteiger charge is 2.35. The van der Waals surface area contributed by atoms with E-state index in [9.17, 15) is 31.5 Å². The molecule has 0 fully saturated rings. The number of aliphatic hydroxyl groups excluding tert-OH is 1. The van der Waals surface area contributed by atoms with Crippen LogP contribution in [0.2, 0.25) is 0 Å².